The van der Waals surface area contributed by atoms with Gasteiger partial charge in [0.15, 0.2) is 0 Å². The Morgan fingerprint density at radius 1 is 0.810 bits per heavy atom. The van der Waals surface area contributed by atoms with Gasteiger partial charge >= 0.3 is 0 Å². The molecule has 1 N–H and O–H groups in total. The predicted octanol–water partition coefficient (Wildman–Crippen LogP) is 6.90. The van der Waals surface area contributed by atoms with Gasteiger partial charge in [0.2, 0.25) is 11.2 Å². The molecule has 0 atom stereocenters. The molecule has 0 radical (unpaired) electrons. The number of aryl methyl sites for hydroxylation is 1. The van der Waals surface area contributed by atoms with E-state index >= 15 is 0 Å². The average molecular weight is 653 g/mol. The van der Waals surface area contributed by atoms with Crippen LogP contribution in [0.15, 0.2) is 113 Å². The number of hydrogen-bond acceptors (Lipinski definition) is 9. The third kappa shape index (κ3) is 9.07. The van der Waals surface area contributed by atoms with Crippen molar-refractivity contribution in [1.82, 2.24) is 19.9 Å². The van der Waals surface area contributed by atoms with E-state index in [-0.39, 0.29) is 36.7 Å². The molecular weight excluding hydrogens is 623 g/mol. The molecule has 0 aliphatic carbocycles. The maximum absolute atomic E-state index is 11.0. The summed E-state index contributed by atoms with van der Waals surface area (Å²) in [6.45, 7) is 5.77. The van der Waals surface area contributed by atoms with Gasteiger partial charge in [0.1, 0.15) is 11.3 Å². The van der Waals surface area contributed by atoms with Gasteiger partial charge in [-0.2, -0.15) is 0 Å². The van der Waals surface area contributed by atoms with Crippen molar-refractivity contribution in [2.45, 2.75) is 27.2 Å². The molecule has 0 saturated heterocycles. The van der Waals surface area contributed by atoms with E-state index < -0.39 is 10.4 Å². The van der Waals surface area contributed by atoms with Gasteiger partial charge in [-0.3, -0.25) is 34.8 Å². The average Bonchev–Trinajstić information content (AvgIpc) is 3.01. The molecule has 0 amide bonds. The van der Waals surface area contributed by atoms with E-state index in [1.807, 2.05) is 36.4 Å². The van der Waals surface area contributed by atoms with Crippen LogP contribution < -0.4 is 5.43 Å². The first-order chi connectivity index (χ1) is 19.9. The van der Waals surface area contributed by atoms with Crippen LogP contribution in [0.25, 0.3) is 33.2 Å². The van der Waals surface area contributed by atoms with Gasteiger partial charge in [-0.15, -0.1) is 0 Å². The van der Waals surface area contributed by atoms with Crippen LogP contribution in [0.2, 0.25) is 0 Å². The van der Waals surface area contributed by atoms with Crippen LogP contribution in [0, 0.1) is 17.0 Å². The summed E-state index contributed by atoms with van der Waals surface area (Å²) in [6, 6.07) is 21.2. The molecule has 10 nitrogen and oxygen atoms in total. The van der Waals surface area contributed by atoms with Crippen LogP contribution in [-0.4, -0.2) is 30.0 Å². The van der Waals surface area contributed by atoms with Crippen molar-refractivity contribution in [3.63, 3.8) is 0 Å². The van der Waals surface area contributed by atoms with Gasteiger partial charge in [0.05, 0.1) is 33.5 Å². The molecule has 216 valence electrons. The van der Waals surface area contributed by atoms with Crippen molar-refractivity contribution in [2.24, 2.45) is 0 Å². The fraction of sp³-hybridized carbons (Fsp3) is 0.129. The van der Waals surface area contributed by atoms with Gasteiger partial charge in [-0.25, -0.2) is 0 Å². The zero-order valence-corrected chi connectivity index (χ0v) is 24.9. The van der Waals surface area contributed by atoms with Gasteiger partial charge in [0, 0.05) is 61.8 Å². The molecule has 0 saturated carbocycles. The summed E-state index contributed by atoms with van der Waals surface area (Å²) >= 11 is 0. The minimum absolute atomic E-state index is 0. The summed E-state index contributed by atoms with van der Waals surface area (Å²) in [6.07, 6.45) is 9.30. The Morgan fingerprint density at radius 2 is 1.36 bits per heavy atom. The minimum Gasteiger partial charge on any atom is -0.502 e. The monoisotopic (exact) mass is 653 g/mol. The second-order valence-corrected chi connectivity index (χ2v) is 8.45. The number of non-ortho nitro benzene ring substituents is 1. The van der Waals surface area contributed by atoms with Crippen LogP contribution in [-0.2, 0) is 19.5 Å². The Hall–Kier alpha value is -4.89. The Kier molecular flexibility index (Phi) is 13.5. The second-order valence-electron chi connectivity index (χ2n) is 8.45. The number of fused-ring (bicyclic) bond motifs is 3. The number of nitro groups is 1. The van der Waals surface area contributed by atoms with E-state index in [9.17, 15) is 14.9 Å². The molecule has 5 heterocycles. The molecule has 6 aromatic rings. The molecule has 0 unspecified atom stereocenters. The van der Waals surface area contributed by atoms with E-state index in [4.69, 9.17) is 5.11 Å². The van der Waals surface area contributed by atoms with Gasteiger partial charge in [-0.05, 0) is 49.4 Å². The first-order valence-electron chi connectivity index (χ1n) is 12.7. The van der Waals surface area contributed by atoms with Crippen molar-refractivity contribution in [2.75, 3.05) is 0 Å². The fourth-order valence-electron chi connectivity index (χ4n) is 3.44. The largest absolute Gasteiger partial charge is 0.502 e. The molecular formula is C31H29N5O5Ru. The van der Waals surface area contributed by atoms with Gasteiger partial charge in [-0.1, -0.05) is 38.5 Å². The Bertz CT molecular complexity index is 1730. The number of benzene rings is 1. The number of nitrogens with zero attached hydrogens (tertiary/aromatic N) is 5. The molecule has 11 heteroatoms. The van der Waals surface area contributed by atoms with Gasteiger partial charge in [0.25, 0.3) is 5.69 Å². The van der Waals surface area contributed by atoms with Crippen molar-refractivity contribution < 1.29 is 33.9 Å². The summed E-state index contributed by atoms with van der Waals surface area (Å²) in [5, 5.41) is 21.1. The molecule has 0 spiro atoms. The van der Waals surface area contributed by atoms with Gasteiger partial charge < -0.3 is 9.52 Å². The van der Waals surface area contributed by atoms with Crippen molar-refractivity contribution >= 4 is 27.5 Å². The Balaban J connectivity index is 0.000000217. The summed E-state index contributed by atoms with van der Waals surface area (Å²) in [4.78, 5) is 37.9. The number of nitro benzene ring substituents is 1. The van der Waals surface area contributed by atoms with Crippen LogP contribution >= 0.6 is 0 Å². The standard InChI is InChI=1S/C12H7N3O2.C10H8N2.C6H6O3.C3H8.Ru/c16-15(17)10-7-8-3-1-5-13-11(8)12-9(10)4-2-6-14-12;1-3-7-11-9(5-1)10-6-2-4-8-12-10;1-4-6(8)5(7)2-3-9-4;1-3-2;/h1-7H;1-8H;2-3,8H,1H3;3H2,1-2H3;. The van der Waals surface area contributed by atoms with Crippen molar-refractivity contribution in [1.29, 1.82) is 0 Å². The number of rotatable bonds is 2. The fourth-order valence-corrected chi connectivity index (χ4v) is 3.44. The van der Waals surface area contributed by atoms with Crippen LogP contribution in [0.4, 0.5) is 5.69 Å². The van der Waals surface area contributed by atoms with Crippen LogP contribution in [0.3, 0.4) is 0 Å². The summed E-state index contributed by atoms with van der Waals surface area (Å²) in [7, 11) is 0. The molecule has 0 aliphatic heterocycles. The number of aromatic nitrogens is 4. The SMILES string of the molecule is CCC.Cc1occc(=O)c1O.O=[N+]([O-])c1cc2cccnc2c2ncccc12.[Ru].c1ccc(-c2ccccn2)nc1. The van der Waals surface area contributed by atoms with E-state index in [0.29, 0.717) is 16.4 Å². The van der Waals surface area contributed by atoms with Crippen LogP contribution in [0.5, 0.6) is 5.75 Å². The first-order valence-corrected chi connectivity index (χ1v) is 12.7. The first kappa shape index (κ1) is 33.3. The maximum Gasteiger partial charge on any atom is 0.279 e. The van der Waals surface area contributed by atoms with E-state index in [1.54, 1.807) is 49.1 Å². The predicted molar refractivity (Wildman–Crippen MR) is 159 cm³/mol. The zero-order valence-electron chi connectivity index (χ0n) is 23.2. The second kappa shape index (κ2) is 17.0. The molecule has 0 bridgehead atoms. The molecule has 6 rings (SSSR count). The third-order valence-electron chi connectivity index (χ3n) is 5.26. The molecule has 42 heavy (non-hydrogen) atoms. The smallest absolute Gasteiger partial charge is 0.279 e. The normalized spacial score (nSPS) is 9.60. The Morgan fingerprint density at radius 3 is 1.86 bits per heavy atom. The van der Waals surface area contributed by atoms with Crippen LogP contribution in [0.1, 0.15) is 26.0 Å². The topological polar surface area (TPSA) is 145 Å². The number of aromatic hydroxyl groups is 1. The zero-order chi connectivity index (χ0) is 29.6. The van der Waals surface area contributed by atoms with E-state index in [1.165, 1.54) is 31.7 Å². The maximum atomic E-state index is 11.0. The molecule has 0 fully saturated rings. The summed E-state index contributed by atoms with van der Waals surface area (Å²) in [5.41, 5.74) is 2.74. The Labute approximate surface area is 255 Å². The van der Waals surface area contributed by atoms with Crippen molar-refractivity contribution in [3.8, 4) is 17.1 Å². The minimum atomic E-state index is -0.404. The summed E-state index contributed by atoms with van der Waals surface area (Å²) in [5.74, 6) is -0.0556. The number of pyridine rings is 4. The molecule has 1 aromatic carbocycles. The summed E-state index contributed by atoms with van der Waals surface area (Å²) < 4.78 is 4.69. The third-order valence-corrected chi connectivity index (χ3v) is 5.26. The van der Waals surface area contributed by atoms with Crippen molar-refractivity contribution in [3.05, 3.63) is 130 Å². The number of hydrogen-bond donors (Lipinski definition) is 1. The van der Waals surface area contributed by atoms with E-state index in [0.717, 1.165) is 16.8 Å². The molecule has 0 aliphatic rings. The molecule has 5 aromatic heterocycles. The quantitative estimate of drug-likeness (QED) is 0.0913. The van der Waals surface area contributed by atoms with E-state index in [2.05, 4.69) is 38.2 Å².